The average molecular weight is 979 g/mol. The number of nitrogens with zero attached hydrogens (tertiary/aromatic N) is 3. The smallest absolute Gasteiger partial charge is 0.373 e. The summed E-state index contributed by atoms with van der Waals surface area (Å²) in [5.74, 6) is -0.532. The Hall–Kier alpha value is -4.16. The Labute approximate surface area is 401 Å². The largest absolute Gasteiger partial charge is 0.374 e. The number of ether oxygens (including phenoxy) is 7. The van der Waals surface area contributed by atoms with Crippen molar-refractivity contribution in [2.75, 3.05) is 6.61 Å². The Balaban J connectivity index is 0.00000159. The maximum absolute atomic E-state index is 13.4. The molecule has 0 aliphatic carbocycles. The van der Waals surface area contributed by atoms with Gasteiger partial charge in [-0.15, -0.1) is 0 Å². The zero-order chi connectivity index (χ0) is 49.8. The molecular weight excluding hydrogens is 921 g/mol. The Kier molecular flexibility index (Phi) is 23.6. The summed E-state index contributed by atoms with van der Waals surface area (Å²) in [5.41, 5.74) is 12.7. The number of hydrogen-bond donors (Lipinski definition) is 1. The monoisotopic (exact) mass is 978 g/mol. The topological polar surface area (TPSA) is 246 Å². The Morgan fingerprint density at radius 2 is 1.13 bits per heavy atom. The molecule has 0 bridgehead atoms. The summed E-state index contributed by atoms with van der Waals surface area (Å²) in [6, 6.07) is 27.3. The molecule has 364 valence electrons. The van der Waals surface area contributed by atoms with Crippen LogP contribution in [-0.4, -0.2) is 116 Å². The molecule has 3 aliphatic rings. The zero-order valence-electron chi connectivity index (χ0n) is 38.6. The van der Waals surface area contributed by atoms with Crippen LogP contribution in [0.15, 0.2) is 96.1 Å². The molecule has 1 N–H and O–H groups in total. The number of rotatable bonds is 19. The van der Waals surface area contributed by atoms with Gasteiger partial charge >= 0.3 is 22.6 Å². The number of benzene rings is 3. The second kappa shape index (κ2) is 28.5. The molecule has 6 rings (SSSR count). The van der Waals surface area contributed by atoms with Crippen molar-refractivity contribution >= 4 is 45.6 Å². The SMILES string of the molecule is O=C=O.O=C=O.[B]P([B])O[C@@H]1C(N=[N+]=[N-])[C@@H](OC2C(C)O[C@@H](C)C(C)[C@@H]2OCc2ccccc2)OC(COS(=O)(=O)NCc2ccccc2)[C@H]1O[C@@H]1OC(C)C(C)[C@@H](OCc2ccccc2)C1C. The van der Waals surface area contributed by atoms with Crippen molar-refractivity contribution in [2.45, 2.75) is 135 Å². The highest BCUT2D eigenvalue weighted by molar-refractivity contribution is 7.97. The molecule has 0 aromatic heterocycles. The molecule has 3 fully saturated rings. The molecule has 3 saturated heterocycles. The molecular formula is C45H57B2N4O15PS. The first kappa shape index (κ1) is 56.4. The minimum absolute atomic E-state index is 0.0237. The number of carbonyl (C=O) groups excluding carboxylic acids is 4. The maximum Gasteiger partial charge on any atom is 0.373 e. The Bertz CT molecular complexity index is 2170. The van der Waals surface area contributed by atoms with Crippen LogP contribution in [0.2, 0.25) is 0 Å². The average Bonchev–Trinajstić information content (AvgIpc) is 3.31. The van der Waals surface area contributed by atoms with E-state index in [1.165, 1.54) is 0 Å². The van der Waals surface area contributed by atoms with Gasteiger partial charge < -0.3 is 37.7 Å². The fourth-order valence-electron chi connectivity index (χ4n) is 8.18. The van der Waals surface area contributed by atoms with E-state index in [0.29, 0.717) is 13.2 Å². The predicted molar refractivity (Wildman–Crippen MR) is 245 cm³/mol. The first-order valence-electron chi connectivity index (χ1n) is 21.8. The van der Waals surface area contributed by atoms with Crippen molar-refractivity contribution in [3.8, 4) is 0 Å². The third kappa shape index (κ3) is 16.8. The highest BCUT2D eigenvalue weighted by Crippen LogP contribution is 2.42. The second-order valence-corrected chi connectivity index (χ2v) is 18.8. The third-order valence-electron chi connectivity index (χ3n) is 11.9. The van der Waals surface area contributed by atoms with E-state index in [-0.39, 0.29) is 54.9 Å². The van der Waals surface area contributed by atoms with Crippen LogP contribution in [-0.2, 0) is 91.1 Å². The highest BCUT2D eigenvalue weighted by atomic mass is 32.2. The molecule has 3 aliphatic heterocycles. The van der Waals surface area contributed by atoms with Gasteiger partial charge in [0.25, 0.3) is 0 Å². The number of azide groups is 1. The highest BCUT2D eigenvalue weighted by Gasteiger charge is 2.54. The first-order chi connectivity index (χ1) is 32.6. The van der Waals surface area contributed by atoms with Gasteiger partial charge in [0.2, 0.25) is 0 Å². The van der Waals surface area contributed by atoms with Gasteiger partial charge in [-0.3, -0.25) is 4.18 Å². The molecule has 8 unspecified atom stereocenters. The van der Waals surface area contributed by atoms with Crippen LogP contribution in [0.5, 0.6) is 0 Å². The summed E-state index contributed by atoms with van der Waals surface area (Å²) in [5, 5.41) is 4.12. The lowest BCUT2D eigenvalue weighted by molar-refractivity contribution is -0.343. The number of hydrogen-bond acceptors (Lipinski definition) is 16. The minimum Gasteiger partial charge on any atom is -0.374 e. The van der Waals surface area contributed by atoms with E-state index in [1.807, 2.05) is 101 Å². The molecule has 68 heavy (non-hydrogen) atoms. The van der Waals surface area contributed by atoms with Crippen LogP contribution >= 0.6 is 7.91 Å². The van der Waals surface area contributed by atoms with E-state index >= 15 is 0 Å². The lowest BCUT2D eigenvalue weighted by atomic mass is 9.86. The van der Waals surface area contributed by atoms with Gasteiger partial charge in [0.1, 0.15) is 45.6 Å². The normalized spacial score (nSPS) is 31.3. The summed E-state index contributed by atoms with van der Waals surface area (Å²) in [6.07, 6.45) is -8.13. The van der Waals surface area contributed by atoms with Gasteiger partial charge in [-0.2, -0.15) is 32.3 Å². The standard InChI is InChI=1S/C43H57B2N4O11PS.2CO2/c1-26-30(5)56-42(28(3)37(26)52-23-33-18-12-8-13-19-33)59-40-35(25-54-62(50,51)47-22-32-16-10-7-11-17-32)57-43(36(48-49-46)41(40)60-61(44)45)58-39-31(6)55-29(4)27(2)38(39)53-24-34-20-14-9-15-21-34;2*2-1-3/h7-21,26-31,35-43,47H,22-25H2,1-6H3;;/t26?,27?,28?,29-,30?,31?,35?,36?,37+,38-,39?,40+,41+,42-,43+;;/m0../s1. The molecule has 15 atom stereocenters. The minimum atomic E-state index is -4.36. The Morgan fingerprint density at radius 3 is 1.66 bits per heavy atom. The van der Waals surface area contributed by atoms with E-state index in [0.717, 1.165) is 16.7 Å². The summed E-state index contributed by atoms with van der Waals surface area (Å²) in [4.78, 5) is 35.7. The van der Waals surface area contributed by atoms with Gasteiger partial charge in [0.05, 0.1) is 50.3 Å². The fraction of sp³-hybridized carbons (Fsp3) is 0.556. The van der Waals surface area contributed by atoms with Crippen LogP contribution in [0.3, 0.4) is 0 Å². The summed E-state index contributed by atoms with van der Waals surface area (Å²) >= 11 is 0. The maximum atomic E-state index is 13.4. The molecule has 0 saturated carbocycles. The molecule has 3 aromatic rings. The van der Waals surface area contributed by atoms with E-state index in [9.17, 15) is 13.9 Å². The van der Waals surface area contributed by atoms with Crippen LogP contribution in [0, 0.1) is 17.8 Å². The van der Waals surface area contributed by atoms with Crippen molar-refractivity contribution in [3.63, 3.8) is 0 Å². The van der Waals surface area contributed by atoms with Crippen LogP contribution in [0.4, 0.5) is 0 Å². The lowest BCUT2D eigenvalue weighted by Gasteiger charge is -2.51. The molecule has 4 radical (unpaired) electrons. The zero-order valence-corrected chi connectivity index (χ0v) is 40.3. The third-order valence-corrected chi connectivity index (χ3v) is 13.3. The second-order valence-electron chi connectivity index (χ2n) is 16.4. The van der Waals surface area contributed by atoms with Crippen molar-refractivity contribution in [1.29, 1.82) is 0 Å². The van der Waals surface area contributed by atoms with E-state index in [4.69, 9.17) is 76.2 Å². The summed E-state index contributed by atoms with van der Waals surface area (Å²) in [7, 11) is 5.85. The van der Waals surface area contributed by atoms with Crippen molar-refractivity contribution < 1.29 is 69.5 Å². The van der Waals surface area contributed by atoms with Crippen LogP contribution < -0.4 is 4.72 Å². The van der Waals surface area contributed by atoms with Crippen molar-refractivity contribution in [1.82, 2.24) is 4.72 Å². The van der Waals surface area contributed by atoms with Gasteiger partial charge in [-0.1, -0.05) is 125 Å². The van der Waals surface area contributed by atoms with E-state index < -0.39 is 80.1 Å². The predicted octanol–water partition coefficient (Wildman–Crippen LogP) is 5.63. The molecule has 23 heteroatoms. The van der Waals surface area contributed by atoms with Crippen LogP contribution in [0.25, 0.3) is 10.4 Å². The summed E-state index contributed by atoms with van der Waals surface area (Å²) in [6.45, 7) is 11.8. The molecule has 19 nitrogen and oxygen atoms in total. The summed E-state index contributed by atoms with van der Waals surface area (Å²) < 4.78 is 87.2. The fourth-order valence-corrected chi connectivity index (χ4v) is 9.45. The van der Waals surface area contributed by atoms with Gasteiger partial charge in [-0.05, 0) is 43.0 Å². The molecule has 3 aromatic carbocycles. The molecule has 0 spiro atoms. The van der Waals surface area contributed by atoms with Crippen LogP contribution in [0.1, 0.15) is 58.2 Å². The quantitative estimate of drug-likeness (QED) is 0.0503. The van der Waals surface area contributed by atoms with Gasteiger partial charge in [0, 0.05) is 29.2 Å². The lowest BCUT2D eigenvalue weighted by Crippen LogP contribution is -2.64. The Morgan fingerprint density at radius 1 is 0.647 bits per heavy atom. The molecule has 3 heterocycles. The van der Waals surface area contributed by atoms with Crippen molar-refractivity contribution in [2.24, 2.45) is 22.9 Å². The van der Waals surface area contributed by atoms with Gasteiger partial charge in [-0.25, -0.2) is 0 Å². The first-order valence-corrected chi connectivity index (χ1v) is 24.6. The van der Waals surface area contributed by atoms with Crippen molar-refractivity contribution in [3.05, 3.63) is 118 Å². The van der Waals surface area contributed by atoms with Gasteiger partial charge in [0.15, 0.2) is 12.6 Å². The van der Waals surface area contributed by atoms with E-state index in [1.54, 1.807) is 24.3 Å². The molecule has 0 amide bonds. The number of nitrogens with one attached hydrogen (secondary N) is 1. The van der Waals surface area contributed by atoms with E-state index in [2.05, 4.69) is 21.7 Å².